The topological polar surface area (TPSA) is 0 Å². The Balaban J connectivity index is 1.45. The maximum absolute atomic E-state index is 2.51. The Kier molecular flexibility index (Phi) is 11.5. The van der Waals surface area contributed by atoms with Crippen molar-refractivity contribution in [2.45, 2.75) is 0 Å². The Hall–Kier alpha value is -4.29. The van der Waals surface area contributed by atoms with E-state index in [1.807, 2.05) is 0 Å². The van der Waals surface area contributed by atoms with Crippen LogP contribution >= 0.6 is 0 Å². The molecule has 292 valence electrons. The van der Waals surface area contributed by atoms with Gasteiger partial charge >= 0.3 is 0 Å². The van der Waals surface area contributed by atoms with Crippen molar-refractivity contribution in [3.63, 3.8) is 0 Å². The van der Waals surface area contributed by atoms with Crippen LogP contribution in [0.1, 0.15) is 0 Å². The number of hydrogen-bond acceptors (Lipinski definition) is 0. The van der Waals surface area contributed by atoms with Gasteiger partial charge in [-0.25, -0.2) is 0 Å². The number of benzene rings is 9. The summed E-state index contributed by atoms with van der Waals surface area (Å²) in [5.41, 5.74) is 39.0. The summed E-state index contributed by atoms with van der Waals surface area (Å²) < 4.78 is 0. The van der Waals surface area contributed by atoms with Crippen LogP contribution in [0.15, 0.2) is 36.4 Å². The van der Waals surface area contributed by atoms with Gasteiger partial charge in [-0.3, -0.25) is 0 Å². The zero-order valence-electron chi connectivity index (χ0n) is 44.5. The van der Waals surface area contributed by atoms with Gasteiger partial charge in [0.1, 0.15) is 173 Å². The minimum Gasteiger partial charge on any atom is -0.101 e. The summed E-state index contributed by atoms with van der Waals surface area (Å²) in [5, 5.41) is 13.9. The van der Waals surface area contributed by atoms with Crippen molar-refractivity contribution in [1.29, 1.82) is 0 Å². The molecule has 0 fully saturated rings. The normalized spacial score (nSPS) is 11.8. The third-order valence-corrected chi connectivity index (χ3v) is 18.7. The summed E-state index contributed by atoms with van der Waals surface area (Å²) in [6, 6.07) is 14.6. The fourth-order valence-electron chi connectivity index (χ4n) is 12.8. The van der Waals surface area contributed by atoms with Crippen LogP contribution in [0.3, 0.4) is 0 Å². The van der Waals surface area contributed by atoms with Crippen molar-refractivity contribution in [3.8, 4) is 33.4 Å². The molecule has 0 N–H and O–H groups in total. The first-order chi connectivity index (χ1) is 31.0. The largest absolute Gasteiger partial charge is 0.139 e. The van der Waals surface area contributed by atoms with E-state index in [-0.39, 0.29) is 0 Å². The maximum atomic E-state index is 2.51. The van der Waals surface area contributed by atoms with Gasteiger partial charge in [-0.05, 0) is 99.4 Å². The van der Waals surface area contributed by atoms with E-state index in [1.54, 1.807) is 0 Å². The molecule has 0 aliphatic carbocycles. The van der Waals surface area contributed by atoms with E-state index < -0.39 is 0 Å². The lowest BCUT2D eigenvalue weighted by molar-refractivity contribution is 1.71. The molecule has 0 aliphatic heterocycles. The molecular weight excluding hydrogens is 766 g/mol. The first-order valence-corrected chi connectivity index (χ1v) is 24.5. The van der Waals surface area contributed by atoms with E-state index >= 15 is 0 Å². The predicted molar refractivity (Wildman–Crippen MR) is 370 cm³/mol. The van der Waals surface area contributed by atoms with E-state index in [0.29, 0.717) is 0 Å². The molecule has 0 aromatic heterocycles. The second-order valence-electron chi connectivity index (χ2n) is 21.0. The van der Waals surface area contributed by atoms with Crippen LogP contribution in [0.4, 0.5) is 0 Å². The summed E-state index contributed by atoms with van der Waals surface area (Å²) in [6.45, 7) is 0. The van der Waals surface area contributed by atoms with E-state index in [4.69, 9.17) is 0 Å². The molecule has 0 aliphatic rings. The molecule has 9 aromatic rings. The SMILES string of the molecule is Bc1c(B)c(B)c2c(-c3ccc4cc(-c5c6c(B)c(B)c(B)c(B)c6c(-c6c(B)c(B)c(B)c7c(B)c(B)c(B)c(B)c67)c6c(B)c(B)c(B)c(B)c56)ccc4c3)c(B)c(B)c(B)c2c1B. The lowest BCUT2D eigenvalue weighted by Gasteiger charge is -2.31. The highest BCUT2D eigenvalue weighted by Crippen LogP contribution is 2.42. The Bertz CT molecular complexity index is 3690. The molecule has 0 unspecified atom stereocenters. The van der Waals surface area contributed by atoms with Crippen LogP contribution in [-0.2, 0) is 0 Å². The molecular formula is C44H50B22. The summed E-state index contributed by atoms with van der Waals surface area (Å²) in [4.78, 5) is 0. The van der Waals surface area contributed by atoms with Gasteiger partial charge in [0, 0.05) is 0 Å². The highest BCUT2D eigenvalue weighted by molar-refractivity contribution is 6.76. The van der Waals surface area contributed by atoms with Gasteiger partial charge in [-0.1, -0.05) is 89.8 Å². The molecule has 0 saturated heterocycles. The third-order valence-electron chi connectivity index (χ3n) is 18.7. The second-order valence-corrected chi connectivity index (χ2v) is 21.0. The van der Waals surface area contributed by atoms with Crippen molar-refractivity contribution >= 4 is 347 Å². The zero-order valence-corrected chi connectivity index (χ0v) is 44.5. The average molecular weight is 817 g/mol. The smallest absolute Gasteiger partial charge is 0.101 e. The van der Waals surface area contributed by atoms with Gasteiger partial charge in [-0.2, -0.15) is 0 Å². The molecule has 0 amide bonds. The Morgan fingerprint density at radius 3 is 0.697 bits per heavy atom. The van der Waals surface area contributed by atoms with E-state index in [2.05, 4.69) is 209 Å². The van der Waals surface area contributed by atoms with Crippen LogP contribution in [-0.4, -0.2) is 173 Å². The van der Waals surface area contributed by atoms with Crippen LogP contribution < -0.4 is 120 Å². The van der Waals surface area contributed by atoms with Crippen molar-refractivity contribution in [3.05, 3.63) is 36.4 Å². The van der Waals surface area contributed by atoms with Crippen molar-refractivity contribution in [1.82, 2.24) is 0 Å². The van der Waals surface area contributed by atoms with Crippen molar-refractivity contribution in [2.75, 3.05) is 0 Å². The molecule has 0 atom stereocenters. The van der Waals surface area contributed by atoms with Gasteiger partial charge < -0.3 is 0 Å². The summed E-state index contributed by atoms with van der Waals surface area (Å²) >= 11 is 0. The minimum absolute atomic E-state index is 1.27. The van der Waals surface area contributed by atoms with Crippen molar-refractivity contribution < 1.29 is 0 Å². The number of rotatable bonds is 3. The van der Waals surface area contributed by atoms with E-state index in [0.717, 1.165) is 0 Å². The molecule has 66 heavy (non-hydrogen) atoms. The van der Waals surface area contributed by atoms with Crippen molar-refractivity contribution in [2.24, 2.45) is 0 Å². The summed E-state index contributed by atoms with van der Waals surface area (Å²) in [7, 11) is 51.8. The molecule has 0 spiro atoms. The minimum atomic E-state index is 1.27. The lowest BCUT2D eigenvalue weighted by Crippen LogP contribution is -2.53. The third kappa shape index (κ3) is 6.23. The number of fused-ring (bicyclic) bond motifs is 5. The second kappa shape index (κ2) is 16.2. The summed E-state index contributed by atoms with van der Waals surface area (Å²) in [6.07, 6.45) is 0. The van der Waals surface area contributed by atoms with Gasteiger partial charge in [0.25, 0.3) is 0 Å². The summed E-state index contributed by atoms with van der Waals surface area (Å²) in [5.74, 6) is 0. The average Bonchev–Trinajstić information content (AvgIpc) is 3.30. The van der Waals surface area contributed by atoms with E-state index in [1.165, 1.54) is 207 Å². The highest BCUT2D eigenvalue weighted by Gasteiger charge is 2.29. The number of hydrogen-bond donors (Lipinski definition) is 0. The first kappa shape index (κ1) is 46.8. The monoisotopic (exact) mass is 821 g/mol. The van der Waals surface area contributed by atoms with Crippen LogP contribution in [0, 0.1) is 0 Å². The Morgan fingerprint density at radius 2 is 0.379 bits per heavy atom. The fourth-order valence-corrected chi connectivity index (χ4v) is 12.8. The predicted octanol–water partition coefficient (Wildman–Crippen LogP) is -25.9. The zero-order chi connectivity index (χ0) is 48.2. The Morgan fingerprint density at radius 1 is 0.167 bits per heavy atom. The molecule has 22 heteroatoms. The van der Waals surface area contributed by atoms with Gasteiger partial charge in [0.2, 0.25) is 0 Å². The van der Waals surface area contributed by atoms with Gasteiger partial charge in [0.05, 0.1) is 0 Å². The molecule has 0 saturated carbocycles. The molecule has 0 nitrogen and oxygen atoms in total. The maximum Gasteiger partial charge on any atom is 0.139 e. The molecule has 9 aromatic carbocycles. The van der Waals surface area contributed by atoms with Crippen LogP contribution in [0.25, 0.3) is 87.2 Å². The standard InChI is InChI=1S/C44H50B22/c45-23-12(16-21(31(53)35(23)57)33(55)43(65)39(61)26(16)48)10-4-2-7-5-9(3-1-8(7)6-10)11-14-17(28(50)40(62)37(59)24(14)46)13(18-15(11)25(47)38(60)41(63)29(18)51)19-20-22(32(54)36(58)27(19)49)34(56)44(66)42(64)30(20)52/h1-6H,45-66H2. The quantitative estimate of drug-likeness (QED) is 0.123. The van der Waals surface area contributed by atoms with Gasteiger partial charge in [-0.15, -0.1) is 54.6 Å². The lowest BCUT2D eigenvalue weighted by atomic mass is 9.56. The molecule has 0 heterocycles. The van der Waals surface area contributed by atoms with E-state index in [9.17, 15) is 0 Å². The van der Waals surface area contributed by atoms with Crippen LogP contribution in [0.5, 0.6) is 0 Å². The highest BCUT2D eigenvalue weighted by atomic mass is 14.3. The van der Waals surface area contributed by atoms with Crippen LogP contribution in [0.2, 0.25) is 0 Å². The fraction of sp³-hybridized carbons (Fsp3) is 0. The van der Waals surface area contributed by atoms with Gasteiger partial charge in [0.15, 0.2) is 0 Å². The molecule has 0 bridgehead atoms. The molecule has 9 rings (SSSR count). The molecule has 0 radical (unpaired) electrons. The Labute approximate surface area is 413 Å². The first-order valence-electron chi connectivity index (χ1n) is 24.5.